The summed E-state index contributed by atoms with van der Waals surface area (Å²) in [5.41, 5.74) is -0.693. The standard InChI is InChI=1S/C13H26N2O6S2/c1-10(2)11(16)14-13(5,6)21-9-8-12(3,4)23(19,20)15-22(7,17)18/h15H,1,8-9H2,2-7H3,(H,14,16). The summed E-state index contributed by atoms with van der Waals surface area (Å²) in [5, 5.41) is 2.60. The third kappa shape index (κ3) is 7.91. The lowest BCUT2D eigenvalue weighted by atomic mass is 10.1. The molecule has 0 rings (SSSR count). The fourth-order valence-electron chi connectivity index (χ4n) is 1.41. The summed E-state index contributed by atoms with van der Waals surface area (Å²) in [6.07, 6.45) is 0.803. The lowest BCUT2D eigenvalue weighted by Gasteiger charge is -2.30. The van der Waals surface area contributed by atoms with Crippen molar-refractivity contribution in [3.05, 3.63) is 12.2 Å². The van der Waals surface area contributed by atoms with E-state index in [9.17, 15) is 21.6 Å². The van der Waals surface area contributed by atoms with Crippen molar-refractivity contribution in [3.8, 4) is 0 Å². The second-order valence-electron chi connectivity index (χ2n) is 6.46. The van der Waals surface area contributed by atoms with Gasteiger partial charge in [-0.15, -0.1) is 4.13 Å². The van der Waals surface area contributed by atoms with Crippen LogP contribution in [0.2, 0.25) is 0 Å². The minimum absolute atomic E-state index is 0.00113. The highest BCUT2D eigenvalue weighted by Gasteiger charge is 2.37. The van der Waals surface area contributed by atoms with E-state index in [0.29, 0.717) is 5.57 Å². The fourth-order valence-corrected chi connectivity index (χ4v) is 4.26. The Morgan fingerprint density at radius 1 is 1.13 bits per heavy atom. The molecule has 0 spiro atoms. The summed E-state index contributed by atoms with van der Waals surface area (Å²) >= 11 is 0. The largest absolute Gasteiger partial charge is 0.356 e. The van der Waals surface area contributed by atoms with Gasteiger partial charge in [0.2, 0.25) is 26.0 Å². The number of rotatable bonds is 9. The van der Waals surface area contributed by atoms with E-state index in [2.05, 4.69) is 11.9 Å². The van der Waals surface area contributed by atoms with E-state index in [1.807, 2.05) is 0 Å². The van der Waals surface area contributed by atoms with Crippen LogP contribution in [-0.4, -0.2) is 46.1 Å². The van der Waals surface area contributed by atoms with Crippen LogP contribution < -0.4 is 9.44 Å². The molecule has 0 aliphatic carbocycles. The molecule has 8 nitrogen and oxygen atoms in total. The van der Waals surface area contributed by atoms with Gasteiger partial charge in [0, 0.05) is 5.57 Å². The SMILES string of the molecule is C=C(C)C(=O)NC(C)(C)OCCC(C)(C)S(=O)(=O)NS(C)(=O)=O. The van der Waals surface area contributed by atoms with E-state index < -0.39 is 30.5 Å². The predicted molar refractivity (Wildman–Crippen MR) is 88.6 cm³/mol. The molecule has 0 bridgehead atoms. The topological polar surface area (TPSA) is 119 Å². The zero-order chi connectivity index (χ0) is 18.7. The van der Waals surface area contributed by atoms with Crippen molar-refractivity contribution in [2.45, 2.75) is 51.5 Å². The maximum atomic E-state index is 12.1. The Labute approximate surface area is 138 Å². The second-order valence-corrected chi connectivity index (χ2v) is 10.8. The first-order valence-corrected chi connectivity index (χ1v) is 10.2. The molecule has 0 aromatic carbocycles. The van der Waals surface area contributed by atoms with Crippen molar-refractivity contribution >= 4 is 26.0 Å². The normalized spacial score (nSPS) is 13.7. The summed E-state index contributed by atoms with van der Waals surface area (Å²) in [6, 6.07) is 0. The van der Waals surface area contributed by atoms with E-state index in [1.165, 1.54) is 13.8 Å². The maximum Gasteiger partial charge on any atom is 0.248 e. The Balaban J connectivity index is 4.78. The Morgan fingerprint density at radius 2 is 1.61 bits per heavy atom. The van der Waals surface area contributed by atoms with Crippen LogP contribution in [0.4, 0.5) is 0 Å². The molecule has 0 aromatic heterocycles. The molecule has 1 amide bonds. The summed E-state index contributed by atoms with van der Waals surface area (Å²) in [5.74, 6) is -0.374. The van der Waals surface area contributed by atoms with Gasteiger partial charge in [0.25, 0.3) is 0 Å². The Morgan fingerprint density at radius 3 is 2.00 bits per heavy atom. The third-order valence-electron chi connectivity index (χ3n) is 2.96. The van der Waals surface area contributed by atoms with Gasteiger partial charge in [-0.1, -0.05) is 6.58 Å². The monoisotopic (exact) mass is 370 g/mol. The minimum atomic E-state index is -4.09. The van der Waals surface area contributed by atoms with Gasteiger partial charge < -0.3 is 10.1 Å². The van der Waals surface area contributed by atoms with Crippen LogP contribution in [-0.2, 0) is 29.6 Å². The molecular weight excluding hydrogens is 344 g/mol. The van der Waals surface area contributed by atoms with E-state index in [-0.39, 0.29) is 18.9 Å². The van der Waals surface area contributed by atoms with Crippen LogP contribution in [0.1, 0.15) is 41.0 Å². The third-order valence-corrected chi connectivity index (χ3v) is 6.71. The molecule has 0 atom stereocenters. The number of carbonyl (C=O) groups excluding carboxylic acids is 1. The van der Waals surface area contributed by atoms with E-state index in [1.54, 1.807) is 24.9 Å². The number of hydrogen-bond acceptors (Lipinski definition) is 6. The zero-order valence-electron chi connectivity index (χ0n) is 14.4. The lowest BCUT2D eigenvalue weighted by Crippen LogP contribution is -2.48. The summed E-state index contributed by atoms with van der Waals surface area (Å²) < 4.78 is 52.2. The van der Waals surface area contributed by atoms with Crippen molar-refractivity contribution in [2.75, 3.05) is 12.9 Å². The highest BCUT2D eigenvalue weighted by Crippen LogP contribution is 2.21. The van der Waals surface area contributed by atoms with Gasteiger partial charge in [0.1, 0.15) is 5.72 Å². The molecule has 0 saturated heterocycles. The van der Waals surface area contributed by atoms with E-state index >= 15 is 0 Å². The Kier molecular flexibility index (Phi) is 6.98. The number of sulfonamides is 2. The summed E-state index contributed by atoms with van der Waals surface area (Å²) in [6.45, 7) is 11.1. The van der Waals surface area contributed by atoms with Crippen LogP contribution in [0.5, 0.6) is 0 Å². The highest BCUT2D eigenvalue weighted by atomic mass is 32.3. The highest BCUT2D eigenvalue weighted by molar-refractivity contribution is 8.05. The molecule has 0 fully saturated rings. The van der Waals surface area contributed by atoms with Crippen molar-refractivity contribution in [1.29, 1.82) is 0 Å². The minimum Gasteiger partial charge on any atom is -0.356 e. The van der Waals surface area contributed by atoms with Crippen molar-refractivity contribution in [1.82, 2.24) is 9.44 Å². The van der Waals surface area contributed by atoms with Crippen LogP contribution in [0, 0.1) is 0 Å². The van der Waals surface area contributed by atoms with Gasteiger partial charge in [-0.2, -0.15) is 0 Å². The summed E-state index contributed by atoms with van der Waals surface area (Å²) in [4.78, 5) is 11.6. The lowest BCUT2D eigenvalue weighted by molar-refractivity contribution is -0.127. The summed E-state index contributed by atoms with van der Waals surface area (Å²) in [7, 11) is -7.98. The van der Waals surface area contributed by atoms with Gasteiger partial charge >= 0.3 is 0 Å². The predicted octanol–water partition coefficient (Wildman–Crippen LogP) is 0.479. The molecule has 23 heavy (non-hydrogen) atoms. The second kappa shape index (κ2) is 7.29. The van der Waals surface area contributed by atoms with E-state index in [4.69, 9.17) is 4.74 Å². The first kappa shape index (κ1) is 22.0. The first-order valence-electron chi connectivity index (χ1n) is 6.84. The fraction of sp³-hybridized carbons (Fsp3) is 0.769. The van der Waals surface area contributed by atoms with Gasteiger partial charge in [-0.05, 0) is 41.0 Å². The van der Waals surface area contributed by atoms with Gasteiger partial charge in [-0.25, -0.2) is 16.8 Å². The molecule has 10 heteroatoms. The van der Waals surface area contributed by atoms with Crippen LogP contribution in [0.25, 0.3) is 0 Å². The molecule has 0 heterocycles. The average Bonchev–Trinajstić information content (AvgIpc) is 2.23. The van der Waals surface area contributed by atoms with Gasteiger partial charge in [0.15, 0.2) is 0 Å². The van der Waals surface area contributed by atoms with Crippen LogP contribution in [0.3, 0.4) is 0 Å². The molecule has 136 valence electrons. The van der Waals surface area contributed by atoms with Crippen LogP contribution >= 0.6 is 0 Å². The van der Waals surface area contributed by atoms with Crippen molar-refractivity contribution < 1.29 is 26.4 Å². The Hall–Kier alpha value is -0.970. The number of nitrogens with one attached hydrogen (secondary N) is 2. The first-order chi connectivity index (χ1) is 9.99. The molecular formula is C13H26N2O6S2. The van der Waals surface area contributed by atoms with Gasteiger partial charge in [-0.3, -0.25) is 4.79 Å². The van der Waals surface area contributed by atoms with E-state index in [0.717, 1.165) is 6.26 Å². The Bertz CT molecular complexity index is 663. The molecule has 0 radical (unpaired) electrons. The number of ether oxygens (including phenoxy) is 1. The molecule has 0 aliphatic rings. The van der Waals surface area contributed by atoms with Crippen LogP contribution in [0.15, 0.2) is 12.2 Å². The maximum absolute atomic E-state index is 12.1. The number of amides is 1. The van der Waals surface area contributed by atoms with Crippen molar-refractivity contribution in [3.63, 3.8) is 0 Å². The van der Waals surface area contributed by atoms with Gasteiger partial charge in [0.05, 0.1) is 17.6 Å². The molecule has 0 unspecified atom stereocenters. The molecule has 0 saturated carbocycles. The van der Waals surface area contributed by atoms with Crippen molar-refractivity contribution in [2.24, 2.45) is 0 Å². The molecule has 0 aliphatic heterocycles. The molecule has 0 aromatic rings. The molecule has 2 N–H and O–H groups in total. The number of hydrogen-bond donors (Lipinski definition) is 2. The number of carbonyl (C=O) groups is 1. The average molecular weight is 370 g/mol. The zero-order valence-corrected chi connectivity index (χ0v) is 16.0. The quantitative estimate of drug-likeness (QED) is 0.450. The smallest absolute Gasteiger partial charge is 0.248 e.